The zero-order valence-corrected chi connectivity index (χ0v) is 12.6. The maximum atomic E-state index is 11.9. The van der Waals surface area contributed by atoms with Crippen LogP contribution in [0.1, 0.15) is 29.6 Å². The Morgan fingerprint density at radius 1 is 1.25 bits per heavy atom. The molecule has 0 atom stereocenters. The summed E-state index contributed by atoms with van der Waals surface area (Å²) in [6.45, 7) is 3.53. The van der Waals surface area contributed by atoms with Crippen LogP contribution in [0.3, 0.4) is 0 Å². The van der Waals surface area contributed by atoms with Crippen LogP contribution in [0.25, 0.3) is 0 Å². The molecule has 2 rings (SSSR count). The van der Waals surface area contributed by atoms with Crippen molar-refractivity contribution < 1.29 is 26.7 Å². The Labute approximate surface area is 126 Å². The average molecular weight is 299 g/mol. The molecule has 1 aromatic rings. The topological polar surface area (TPSA) is 38.8 Å². The molecule has 0 radical (unpaired) electrons. The van der Waals surface area contributed by atoms with Crippen LogP contribution in [0.2, 0.25) is 0 Å². The van der Waals surface area contributed by atoms with Gasteiger partial charge < -0.3 is 21.9 Å². The first-order valence-electron chi connectivity index (χ1n) is 6.83. The summed E-state index contributed by atoms with van der Waals surface area (Å²) in [6, 6.07) is 7.04. The highest BCUT2D eigenvalue weighted by molar-refractivity contribution is 5.89. The van der Waals surface area contributed by atoms with Crippen LogP contribution >= 0.6 is 0 Å². The van der Waals surface area contributed by atoms with Gasteiger partial charge in [0, 0.05) is 6.54 Å². The number of rotatable bonds is 5. The predicted octanol–water partition coefficient (Wildman–Crippen LogP) is -0.658. The fraction of sp³-hybridized carbons (Fsp3) is 0.533. The van der Waals surface area contributed by atoms with E-state index in [2.05, 4.69) is 4.90 Å². The molecule has 1 aromatic carbocycles. The van der Waals surface area contributed by atoms with Crippen molar-refractivity contribution in [2.45, 2.75) is 19.3 Å². The highest BCUT2D eigenvalue weighted by atomic mass is 35.5. The number of hydrogen-bond acceptors (Lipinski definition) is 4. The van der Waals surface area contributed by atoms with Crippen molar-refractivity contribution in [2.75, 3.05) is 33.4 Å². The van der Waals surface area contributed by atoms with Crippen LogP contribution in [-0.2, 0) is 4.74 Å². The van der Waals surface area contributed by atoms with Gasteiger partial charge in [0.05, 0.1) is 12.7 Å². The van der Waals surface area contributed by atoms with E-state index in [4.69, 9.17) is 9.47 Å². The summed E-state index contributed by atoms with van der Waals surface area (Å²) in [6.07, 6.45) is 3.83. The molecule has 0 saturated carbocycles. The third kappa shape index (κ3) is 5.02. The number of carbonyl (C=O) groups is 1. The minimum Gasteiger partial charge on any atom is -1.00 e. The van der Waals surface area contributed by atoms with E-state index in [1.54, 1.807) is 25.3 Å². The molecular formula is C15H21ClNO3-. The van der Waals surface area contributed by atoms with E-state index in [1.165, 1.54) is 19.3 Å². The van der Waals surface area contributed by atoms with Gasteiger partial charge in [-0.05, 0) is 44.1 Å². The summed E-state index contributed by atoms with van der Waals surface area (Å²) in [5.74, 6) is 0.390. The van der Waals surface area contributed by atoms with Crippen LogP contribution in [0, 0.1) is 0 Å². The second-order valence-electron chi connectivity index (χ2n) is 4.77. The number of esters is 1. The summed E-state index contributed by atoms with van der Waals surface area (Å²) in [4.78, 5) is 14.2. The quantitative estimate of drug-likeness (QED) is 0.677. The largest absolute Gasteiger partial charge is 1.00 e. The standard InChI is InChI=1S/C15H21NO3.ClH/c1-18-14-7-5-6-13(12-14)15(17)19-11-10-16-8-3-2-4-9-16;/h5-7,12H,2-4,8-11H2,1H3;1H/p-1. The number of ether oxygens (including phenoxy) is 2. The Morgan fingerprint density at radius 3 is 2.70 bits per heavy atom. The summed E-state index contributed by atoms with van der Waals surface area (Å²) in [7, 11) is 1.58. The molecule has 1 aliphatic rings. The van der Waals surface area contributed by atoms with Gasteiger partial charge in [-0.3, -0.25) is 4.90 Å². The average Bonchev–Trinajstić information content (AvgIpc) is 2.48. The summed E-state index contributed by atoms with van der Waals surface area (Å²) >= 11 is 0. The van der Waals surface area contributed by atoms with Gasteiger partial charge in [0.15, 0.2) is 0 Å². The number of nitrogens with zero attached hydrogens (tertiary/aromatic N) is 1. The number of likely N-dealkylation sites (tertiary alicyclic amines) is 1. The lowest BCUT2D eigenvalue weighted by Crippen LogP contribution is -3.00. The second kappa shape index (κ2) is 8.82. The zero-order chi connectivity index (χ0) is 13.5. The third-order valence-corrected chi connectivity index (χ3v) is 3.39. The van der Waals surface area contributed by atoms with Crippen molar-refractivity contribution in [3.8, 4) is 5.75 Å². The van der Waals surface area contributed by atoms with Gasteiger partial charge in [-0.25, -0.2) is 4.79 Å². The maximum absolute atomic E-state index is 11.9. The van der Waals surface area contributed by atoms with E-state index < -0.39 is 0 Å². The molecule has 1 aliphatic heterocycles. The van der Waals surface area contributed by atoms with Crippen molar-refractivity contribution in [1.29, 1.82) is 0 Å². The van der Waals surface area contributed by atoms with Gasteiger partial charge >= 0.3 is 5.97 Å². The fourth-order valence-electron chi connectivity index (χ4n) is 2.28. The molecule has 0 amide bonds. The molecule has 0 aliphatic carbocycles. The van der Waals surface area contributed by atoms with Gasteiger partial charge in [-0.1, -0.05) is 12.5 Å². The van der Waals surface area contributed by atoms with Crippen molar-refractivity contribution in [2.24, 2.45) is 0 Å². The summed E-state index contributed by atoms with van der Waals surface area (Å²) in [5, 5.41) is 0. The fourth-order valence-corrected chi connectivity index (χ4v) is 2.28. The molecule has 4 nitrogen and oxygen atoms in total. The number of methoxy groups -OCH3 is 1. The molecule has 20 heavy (non-hydrogen) atoms. The van der Waals surface area contributed by atoms with Crippen LogP contribution in [0.15, 0.2) is 24.3 Å². The van der Waals surface area contributed by atoms with E-state index in [0.717, 1.165) is 19.6 Å². The molecule has 1 fully saturated rings. The van der Waals surface area contributed by atoms with Crippen molar-refractivity contribution in [1.82, 2.24) is 4.90 Å². The number of piperidine rings is 1. The Hall–Kier alpha value is -1.26. The lowest BCUT2D eigenvalue weighted by atomic mass is 10.1. The van der Waals surface area contributed by atoms with Gasteiger partial charge in [0.25, 0.3) is 0 Å². The van der Waals surface area contributed by atoms with Crippen LogP contribution in [0.5, 0.6) is 5.75 Å². The number of benzene rings is 1. The SMILES string of the molecule is COc1cccc(C(=O)OCCN2CCCCC2)c1.[Cl-]. The van der Waals surface area contributed by atoms with Gasteiger partial charge in [0.2, 0.25) is 0 Å². The minimum atomic E-state index is -0.282. The second-order valence-corrected chi connectivity index (χ2v) is 4.77. The Kier molecular flexibility index (Phi) is 7.41. The Morgan fingerprint density at radius 2 is 2.00 bits per heavy atom. The first-order chi connectivity index (χ1) is 9.29. The molecular weight excluding hydrogens is 278 g/mol. The maximum Gasteiger partial charge on any atom is 0.338 e. The molecule has 0 unspecified atom stereocenters. The van der Waals surface area contributed by atoms with E-state index in [9.17, 15) is 4.79 Å². The summed E-state index contributed by atoms with van der Waals surface area (Å²) in [5.41, 5.74) is 0.540. The van der Waals surface area contributed by atoms with E-state index in [-0.39, 0.29) is 18.4 Å². The predicted molar refractivity (Wildman–Crippen MR) is 73.6 cm³/mol. The lowest BCUT2D eigenvalue weighted by Gasteiger charge is -2.25. The van der Waals surface area contributed by atoms with Crippen molar-refractivity contribution >= 4 is 5.97 Å². The van der Waals surface area contributed by atoms with Crippen LogP contribution < -0.4 is 17.1 Å². The van der Waals surface area contributed by atoms with Crippen LogP contribution in [-0.4, -0.2) is 44.2 Å². The van der Waals surface area contributed by atoms with Gasteiger partial charge in [-0.15, -0.1) is 0 Å². The molecule has 0 N–H and O–H groups in total. The van der Waals surface area contributed by atoms with Crippen LogP contribution in [0.4, 0.5) is 0 Å². The Balaban J connectivity index is 0.00000200. The monoisotopic (exact) mass is 298 g/mol. The third-order valence-electron chi connectivity index (χ3n) is 3.39. The van der Waals surface area contributed by atoms with Crippen molar-refractivity contribution in [3.63, 3.8) is 0 Å². The Bertz CT molecular complexity index is 419. The molecule has 1 saturated heterocycles. The number of hydrogen-bond donors (Lipinski definition) is 0. The molecule has 1 heterocycles. The molecule has 0 bridgehead atoms. The summed E-state index contributed by atoms with van der Waals surface area (Å²) < 4.78 is 10.4. The lowest BCUT2D eigenvalue weighted by molar-refractivity contribution is -0.0000235. The minimum absolute atomic E-state index is 0. The normalized spacial score (nSPS) is 15.2. The molecule has 5 heteroatoms. The van der Waals surface area contributed by atoms with E-state index >= 15 is 0 Å². The van der Waals surface area contributed by atoms with E-state index in [0.29, 0.717) is 17.9 Å². The molecule has 112 valence electrons. The smallest absolute Gasteiger partial charge is 0.338 e. The number of carbonyl (C=O) groups excluding carboxylic acids is 1. The first kappa shape index (κ1) is 16.8. The highest BCUT2D eigenvalue weighted by Gasteiger charge is 2.12. The van der Waals surface area contributed by atoms with Crippen molar-refractivity contribution in [3.05, 3.63) is 29.8 Å². The molecule has 0 spiro atoms. The zero-order valence-electron chi connectivity index (χ0n) is 11.8. The van der Waals surface area contributed by atoms with E-state index in [1.807, 2.05) is 6.07 Å². The first-order valence-corrected chi connectivity index (χ1v) is 6.83. The van der Waals surface area contributed by atoms with Gasteiger partial charge in [-0.2, -0.15) is 0 Å². The highest BCUT2D eigenvalue weighted by Crippen LogP contribution is 2.13. The number of halogens is 1. The van der Waals surface area contributed by atoms with Gasteiger partial charge in [0.1, 0.15) is 12.4 Å². The molecule has 0 aromatic heterocycles.